The zero-order valence-corrected chi connectivity index (χ0v) is 15.4. The maximum atomic E-state index is 5.69. The topological polar surface area (TPSA) is 58.5 Å². The number of ether oxygens (including phenoxy) is 1. The molecule has 0 saturated carbocycles. The van der Waals surface area contributed by atoms with Crippen LogP contribution in [0.3, 0.4) is 0 Å². The monoisotopic (exact) mass is 346 g/mol. The number of guanidine groups is 1. The summed E-state index contributed by atoms with van der Waals surface area (Å²) in [6, 6.07) is 8.20. The Bertz CT molecular complexity index is 628. The van der Waals surface area contributed by atoms with E-state index >= 15 is 0 Å². The Morgan fingerprint density at radius 1 is 1.33 bits per heavy atom. The molecular formula is C18H26N4OS. The largest absolute Gasteiger partial charge is 0.477 e. The summed E-state index contributed by atoms with van der Waals surface area (Å²) in [6.07, 6.45) is 2.72. The van der Waals surface area contributed by atoms with Crippen molar-refractivity contribution in [2.75, 3.05) is 20.2 Å². The van der Waals surface area contributed by atoms with E-state index in [0.29, 0.717) is 24.9 Å². The number of aromatic nitrogens is 1. The number of aliphatic imine (C=N–C) groups is 1. The summed E-state index contributed by atoms with van der Waals surface area (Å²) in [6.45, 7) is 6.44. The third kappa shape index (κ3) is 5.53. The zero-order chi connectivity index (χ0) is 17.2. The summed E-state index contributed by atoms with van der Waals surface area (Å²) in [4.78, 5) is 9.97. The molecule has 130 valence electrons. The molecule has 2 aromatic rings. The van der Waals surface area contributed by atoms with Crippen molar-refractivity contribution in [1.29, 1.82) is 0 Å². The molecule has 1 atom stereocenters. The maximum Gasteiger partial charge on any atom is 0.218 e. The summed E-state index contributed by atoms with van der Waals surface area (Å²) in [5.74, 6) is 1.92. The predicted molar refractivity (Wildman–Crippen MR) is 101 cm³/mol. The van der Waals surface area contributed by atoms with Gasteiger partial charge in [0.05, 0.1) is 6.61 Å². The van der Waals surface area contributed by atoms with Gasteiger partial charge in [0.1, 0.15) is 0 Å². The lowest BCUT2D eigenvalue weighted by atomic mass is 10.1. The molecule has 0 aliphatic heterocycles. The zero-order valence-electron chi connectivity index (χ0n) is 14.6. The number of hydrogen-bond acceptors (Lipinski definition) is 4. The molecule has 0 saturated heterocycles. The molecule has 2 rings (SSSR count). The Morgan fingerprint density at radius 2 is 2.21 bits per heavy atom. The van der Waals surface area contributed by atoms with Gasteiger partial charge >= 0.3 is 0 Å². The van der Waals surface area contributed by atoms with Gasteiger partial charge in [-0.25, -0.2) is 4.98 Å². The second-order valence-corrected chi connectivity index (χ2v) is 6.52. The lowest BCUT2D eigenvalue weighted by Gasteiger charge is -2.16. The van der Waals surface area contributed by atoms with E-state index < -0.39 is 0 Å². The Hall–Kier alpha value is -2.08. The first-order valence-corrected chi connectivity index (χ1v) is 9.17. The van der Waals surface area contributed by atoms with Gasteiger partial charge in [-0.05, 0) is 23.9 Å². The van der Waals surface area contributed by atoms with Gasteiger partial charge in [0.25, 0.3) is 0 Å². The molecule has 0 fully saturated rings. The first kappa shape index (κ1) is 18.3. The Morgan fingerprint density at radius 3 is 2.92 bits per heavy atom. The highest BCUT2D eigenvalue weighted by Crippen LogP contribution is 2.19. The number of pyridine rings is 1. The minimum atomic E-state index is 0.449. The molecule has 0 aliphatic rings. The van der Waals surface area contributed by atoms with Crippen LogP contribution < -0.4 is 15.4 Å². The molecule has 6 heteroatoms. The Balaban J connectivity index is 1.85. The summed E-state index contributed by atoms with van der Waals surface area (Å²) < 4.78 is 5.69. The minimum absolute atomic E-state index is 0.449. The molecule has 24 heavy (non-hydrogen) atoms. The van der Waals surface area contributed by atoms with Gasteiger partial charge in [-0.2, -0.15) is 0 Å². The quantitative estimate of drug-likeness (QED) is 0.568. The molecule has 5 nitrogen and oxygen atoms in total. The van der Waals surface area contributed by atoms with E-state index in [4.69, 9.17) is 4.74 Å². The van der Waals surface area contributed by atoms with Crippen LogP contribution in [0.4, 0.5) is 0 Å². The highest BCUT2D eigenvalue weighted by molar-refractivity contribution is 7.10. The number of thiophene rings is 1. The molecule has 0 aromatic carbocycles. The molecule has 0 bridgehead atoms. The third-order valence-corrected chi connectivity index (χ3v) is 4.67. The fraction of sp³-hybridized carbons (Fsp3) is 0.444. The van der Waals surface area contributed by atoms with Crippen LogP contribution >= 0.6 is 11.3 Å². The smallest absolute Gasteiger partial charge is 0.218 e. The van der Waals surface area contributed by atoms with E-state index in [2.05, 4.69) is 52.0 Å². The molecule has 0 radical (unpaired) electrons. The van der Waals surface area contributed by atoms with Gasteiger partial charge in [0.2, 0.25) is 5.88 Å². The van der Waals surface area contributed by atoms with Crippen LogP contribution in [-0.4, -0.2) is 31.1 Å². The number of hydrogen-bond donors (Lipinski definition) is 2. The minimum Gasteiger partial charge on any atom is -0.477 e. The van der Waals surface area contributed by atoms with E-state index in [1.165, 1.54) is 4.88 Å². The van der Waals surface area contributed by atoms with Gasteiger partial charge in [0.15, 0.2) is 5.96 Å². The Kier molecular flexibility index (Phi) is 7.55. The first-order valence-electron chi connectivity index (χ1n) is 8.29. The SMILES string of the molecule is CCCOc1ncccc1CNC(=NC)NCC(C)c1cccs1. The van der Waals surface area contributed by atoms with Crippen LogP contribution in [0.15, 0.2) is 40.8 Å². The van der Waals surface area contributed by atoms with Crippen LogP contribution in [0.5, 0.6) is 5.88 Å². The van der Waals surface area contributed by atoms with Crippen molar-refractivity contribution in [3.63, 3.8) is 0 Å². The normalized spacial score (nSPS) is 12.7. The highest BCUT2D eigenvalue weighted by atomic mass is 32.1. The van der Waals surface area contributed by atoms with Crippen molar-refractivity contribution < 1.29 is 4.74 Å². The lowest BCUT2D eigenvalue weighted by Crippen LogP contribution is -2.38. The van der Waals surface area contributed by atoms with E-state index in [-0.39, 0.29) is 0 Å². The van der Waals surface area contributed by atoms with Crippen LogP contribution in [-0.2, 0) is 6.54 Å². The molecule has 1 unspecified atom stereocenters. The number of nitrogens with zero attached hydrogens (tertiary/aromatic N) is 2. The van der Waals surface area contributed by atoms with Crippen molar-refractivity contribution in [2.24, 2.45) is 4.99 Å². The van der Waals surface area contributed by atoms with Crippen LogP contribution in [0.2, 0.25) is 0 Å². The van der Waals surface area contributed by atoms with Gasteiger partial charge in [-0.3, -0.25) is 4.99 Å². The predicted octanol–water partition coefficient (Wildman–Crippen LogP) is 3.40. The van der Waals surface area contributed by atoms with Crippen molar-refractivity contribution in [2.45, 2.75) is 32.7 Å². The van der Waals surface area contributed by atoms with E-state index in [0.717, 1.165) is 24.5 Å². The van der Waals surface area contributed by atoms with Crippen molar-refractivity contribution in [3.05, 3.63) is 46.3 Å². The summed E-state index contributed by atoms with van der Waals surface area (Å²) in [5.41, 5.74) is 1.03. The van der Waals surface area contributed by atoms with Crippen molar-refractivity contribution >= 4 is 17.3 Å². The van der Waals surface area contributed by atoms with Gasteiger partial charge in [0, 0.05) is 42.7 Å². The van der Waals surface area contributed by atoms with E-state index in [1.54, 1.807) is 24.6 Å². The summed E-state index contributed by atoms with van der Waals surface area (Å²) in [7, 11) is 1.78. The van der Waals surface area contributed by atoms with Crippen LogP contribution in [0, 0.1) is 0 Å². The van der Waals surface area contributed by atoms with Crippen LogP contribution in [0.25, 0.3) is 0 Å². The second kappa shape index (κ2) is 9.93. The lowest BCUT2D eigenvalue weighted by molar-refractivity contribution is 0.301. The maximum absolute atomic E-state index is 5.69. The molecular weight excluding hydrogens is 320 g/mol. The van der Waals surface area contributed by atoms with Gasteiger partial charge < -0.3 is 15.4 Å². The highest BCUT2D eigenvalue weighted by Gasteiger charge is 2.09. The van der Waals surface area contributed by atoms with Crippen LogP contribution in [0.1, 0.15) is 36.6 Å². The van der Waals surface area contributed by atoms with Crippen molar-refractivity contribution in [1.82, 2.24) is 15.6 Å². The third-order valence-electron chi connectivity index (χ3n) is 3.57. The van der Waals surface area contributed by atoms with Crippen molar-refractivity contribution in [3.8, 4) is 5.88 Å². The van der Waals surface area contributed by atoms with E-state index in [9.17, 15) is 0 Å². The van der Waals surface area contributed by atoms with Gasteiger partial charge in [-0.15, -0.1) is 11.3 Å². The Labute approximate surface area is 148 Å². The number of nitrogens with one attached hydrogen (secondary N) is 2. The molecule has 0 spiro atoms. The molecule has 2 heterocycles. The average molecular weight is 347 g/mol. The number of rotatable bonds is 8. The average Bonchev–Trinajstić information content (AvgIpc) is 3.15. The summed E-state index contributed by atoms with van der Waals surface area (Å²) in [5, 5.41) is 8.81. The first-order chi connectivity index (χ1) is 11.7. The fourth-order valence-corrected chi connectivity index (χ4v) is 3.00. The molecule has 2 aromatic heterocycles. The summed E-state index contributed by atoms with van der Waals surface area (Å²) >= 11 is 1.78. The molecule has 2 N–H and O–H groups in total. The second-order valence-electron chi connectivity index (χ2n) is 5.54. The fourth-order valence-electron chi connectivity index (χ4n) is 2.21. The molecule has 0 amide bonds. The van der Waals surface area contributed by atoms with Gasteiger partial charge in [-0.1, -0.05) is 26.0 Å². The molecule has 0 aliphatic carbocycles. The van der Waals surface area contributed by atoms with E-state index in [1.807, 2.05) is 12.1 Å². The standard InChI is InChI=1S/C18H26N4OS/c1-4-10-23-17-15(7-5-9-20-17)13-22-18(19-3)21-12-14(2)16-8-6-11-24-16/h5-9,11,14H,4,10,12-13H2,1-3H3,(H2,19,21,22).